The van der Waals surface area contributed by atoms with Crippen LogP contribution in [0.1, 0.15) is 18.6 Å². The molecule has 4 nitrogen and oxygen atoms in total. The van der Waals surface area contributed by atoms with Crippen LogP contribution in [0.25, 0.3) is 0 Å². The third-order valence-electron chi connectivity index (χ3n) is 1.64. The molecule has 0 spiro atoms. The van der Waals surface area contributed by atoms with Crippen LogP contribution >= 0.6 is 0 Å². The van der Waals surface area contributed by atoms with Crippen LogP contribution in [0.3, 0.4) is 0 Å². The zero-order chi connectivity index (χ0) is 9.68. The second-order valence-corrected chi connectivity index (χ2v) is 2.73. The highest BCUT2D eigenvalue weighted by molar-refractivity contribution is 5.72. The summed E-state index contributed by atoms with van der Waals surface area (Å²) < 4.78 is 0. The fourth-order valence-corrected chi connectivity index (χ4v) is 0.944. The van der Waals surface area contributed by atoms with Crippen molar-refractivity contribution in [1.82, 2.24) is 10.3 Å². The third-order valence-corrected chi connectivity index (χ3v) is 1.64. The highest BCUT2D eigenvalue weighted by atomic mass is 16.3. The first kappa shape index (κ1) is 9.67. The number of carbonyl (C=O) groups is 1. The Labute approximate surface area is 76.6 Å². The minimum Gasteiger partial charge on any atom is -0.387 e. The van der Waals surface area contributed by atoms with Crippen LogP contribution in [0.2, 0.25) is 0 Å². The number of aromatic nitrogens is 1. The molecule has 0 radical (unpaired) electrons. The number of rotatable bonds is 3. The van der Waals surface area contributed by atoms with E-state index in [1.165, 1.54) is 6.92 Å². The summed E-state index contributed by atoms with van der Waals surface area (Å²) in [6.07, 6.45) is 2.55. The predicted molar refractivity (Wildman–Crippen MR) is 47.9 cm³/mol. The van der Waals surface area contributed by atoms with Gasteiger partial charge in [-0.2, -0.15) is 0 Å². The van der Waals surface area contributed by atoms with Gasteiger partial charge >= 0.3 is 0 Å². The van der Waals surface area contributed by atoms with Crippen molar-refractivity contribution < 1.29 is 9.90 Å². The van der Waals surface area contributed by atoms with Crippen LogP contribution in [0, 0.1) is 0 Å². The SMILES string of the molecule is CC(=O)NCC(O)c1ccncc1. The minimum absolute atomic E-state index is 0.145. The zero-order valence-electron chi connectivity index (χ0n) is 7.40. The minimum atomic E-state index is -0.660. The summed E-state index contributed by atoms with van der Waals surface area (Å²) in [5.74, 6) is -0.145. The Morgan fingerprint density at radius 3 is 2.77 bits per heavy atom. The summed E-state index contributed by atoms with van der Waals surface area (Å²) in [5.41, 5.74) is 0.753. The van der Waals surface area contributed by atoms with Gasteiger partial charge < -0.3 is 10.4 Å². The van der Waals surface area contributed by atoms with Gasteiger partial charge in [-0.25, -0.2) is 0 Å². The number of nitrogens with zero attached hydrogens (tertiary/aromatic N) is 1. The van der Waals surface area contributed by atoms with Gasteiger partial charge in [-0.15, -0.1) is 0 Å². The van der Waals surface area contributed by atoms with E-state index in [0.717, 1.165) is 5.56 Å². The van der Waals surface area contributed by atoms with Crippen LogP contribution < -0.4 is 5.32 Å². The molecule has 0 aromatic carbocycles. The number of nitrogens with one attached hydrogen (secondary N) is 1. The molecule has 0 aliphatic carbocycles. The summed E-state index contributed by atoms with van der Waals surface area (Å²) in [7, 11) is 0. The van der Waals surface area contributed by atoms with Crippen molar-refractivity contribution in [2.24, 2.45) is 0 Å². The maximum atomic E-state index is 10.5. The molecular weight excluding hydrogens is 168 g/mol. The molecule has 4 heteroatoms. The molecule has 0 saturated heterocycles. The van der Waals surface area contributed by atoms with E-state index in [2.05, 4.69) is 10.3 Å². The van der Waals surface area contributed by atoms with Crippen molar-refractivity contribution in [2.45, 2.75) is 13.0 Å². The zero-order valence-corrected chi connectivity index (χ0v) is 7.40. The van der Waals surface area contributed by atoms with E-state index in [1.807, 2.05) is 0 Å². The predicted octanol–water partition coefficient (Wildman–Crippen LogP) is 0.251. The monoisotopic (exact) mass is 180 g/mol. The molecule has 0 aliphatic rings. The Morgan fingerprint density at radius 1 is 1.62 bits per heavy atom. The van der Waals surface area contributed by atoms with E-state index in [4.69, 9.17) is 0 Å². The van der Waals surface area contributed by atoms with Crippen molar-refractivity contribution >= 4 is 5.91 Å². The van der Waals surface area contributed by atoms with E-state index >= 15 is 0 Å². The van der Waals surface area contributed by atoms with Gasteiger partial charge in [-0.1, -0.05) is 0 Å². The van der Waals surface area contributed by atoms with Crippen molar-refractivity contribution in [3.05, 3.63) is 30.1 Å². The van der Waals surface area contributed by atoms with Crippen molar-refractivity contribution in [2.75, 3.05) is 6.54 Å². The summed E-state index contributed by atoms with van der Waals surface area (Å²) in [6.45, 7) is 1.65. The third kappa shape index (κ3) is 3.21. The standard InChI is InChI=1S/C9H12N2O2/c1-7(12)11-6-9(13)8-2-4-10-5-3-8/h2-5,9,13H,6H2,1H3,(H,11,12). The molecule has 70 valence electrons. The van der Waals surface area contributed by atoms with Crippen LogP contribution in [0.15, 0.2) is 24.5 Å². The molecule has 1 heterocycles. The number of hydrogen-bond donors (Lipinski definition) is 2. The maximum absolute atomic E-state index is 10.5. The van der Waals surface area contributed by atoms with Gasteiger partial charge in [0.2, 0.25) is 5.91 Å². The van der Waals surface area contributed by atoms with Gasteiger partial charge in [-0.05, 0) is 17.7 Å². The number of carbonyl (C=O) groups excluding carboxylic acids is 1. The van der Waals surface area contributed by atoms with E-state index in [-0.39, 0.29) is 12.5 Å². The summed E-state index contributed by atoms with van der Waals surface area (Å²) in [5, 5.41) is 12.1. The number of aliphatic hydroxyl groups excluding tert-OH is 1. The quantitative estimate of drug-likeness (QED) is 0.701. The van der Waals surface area contributed by atoms with Gasteiger partial charge in [0.1, 0.15) is 0 Å². The molecule has 0 fully saturated rings. The van der Waals surface area contributed by atoms with Crippen molar-refractivity contribution in [3.8, 4) is 0 Å². The highest BCUT2D eigenvalue weighted by Gasteiger charge is 2.06. The highest BCUT2D eigenvalue weighted by Crippen LogP contribution is 2.08. The lowest BCUT2D eigenvalue weighted by atomic mass is 10.1. The first-order valence-corrected chi connectivity index (χ1v) is 4.02. The fourth-order valence-electron chi connectivity index (χ4n) is 0.944. The van der Waals surface area contributed by atoms with Crippen LogP contribution in [-0.4, -0.2) is 22.5 Å². The first-order chi connectivity index (χ1) is 6.20. The largest absolute Gasteiger partial charge is 0.387 e. The first-order valence-electron chi connectivity index (χ1n) is 4.02. The number of pyridine rings is 1. The van der Waals surface area contributed by atoms with Gasteiger partial charge in [0.05, 0.1) is 6.10 Å². The fraction of sp³-hybridized carbons (Fsp3) is 0.333. The van der Waals surface area contributed by atoms with Crippen molar-refractivity contribution in [1.29, 1.82) is 0 Å². The lowest BCUT2D eigenvalue weighted by molar-refractivity contribution is -0.119. The van der Waals surface area contributed by atoms with Gasteiger partial charge in [0, 0.05) is 25.9 Å². The van der Waals surface area contributed by atoms with Gasteiger partial charge in [0.15, 0.2) is 0 Å². The van der Waals surface area contributed by atoms with Gasteiger partial charge in [0.25, 0.3) is 0 Å². The van der Waals surface area contributed by atoms with Crippen LogP contribution in [-0.2, 0) is 4.79 Å². The Balaban J connectivity index is 2.49. The molecule has 1 aromatic heterocycles. The second-order valence-electron chi connectivity index (χ2n) is 2.73. The molecule has 0 saturated carbocycles. The van der Waals surface area contributed by atoms with E-state index < -0.39 is 6.10 Å². The van der Waals surface area contributed by atoms with Crippen molar-refractivity contribution in [3.63, 3.8) is 0 Å². The summed E-state index contributed by atoms with van der Waals surface area (Å²) >= 11 is 0. The molecular formula is C9H12N2O2. The van der Waals surface area contributed by atoms with E-state index in [1.54, 1.807) is 24.5 Å². The normalized spacial score (nSPS) is 12.2. The Morgan fingerprint density at radius 2 is 2.23 bits per heavy atom. The molecule has 2 N–H and O–H groups in total. The maximum Gasteiger partial charge on any atom is 0.216 e. The molecule has 13 heavy (non-hydrogen) atoms. The average Bonchev–Trinajstić information content (AvgIpc) is 2.15. The lowest BCUT2D eigenvalue weighted by Gasteiger charge is -2.10. The Bertz CT molecular complexity index is 274. The molecule has 1 atom stereocenters. The molecule has 1 aromatic rings. The number of aliphatic hydroxyl groups is 1. The Hall–Kier alpha value is -1.42. The van der Waals surface area contributed by atoms with Gasteiger partial charge in [-0.3, -0.25) is 9.78 Å². The Kier molecular flexibility index (Phi) is 3.40. The topological polar surface area (TPSA) is 62.2 Å². The average molecular weight is 180 g/mol. The van der Waals surface area contributed by atoms with Crippen LogP contribution in [0.4, 0.5) is 0 Å². The number of amides is 1. The smallest absolute Gasteiger partial charge is 0.216 e. The molecule has 1 rings (SSSR count). The molecule has 1 amide bonds. The molecule has 0 aliphatic heterocycles. The summed E-state index contributed by atoms with van der Waals surface area (Å²) in [6, 6.07) is 3.43. The van der Waals surface area contributed by atoms with Crippen LogP contribution in [0.5, 0.6) is 0 Å². The second kappa shape index (κ2) is 4.57. The molecule has 1 unspecified atom stereocenters. The lowest BCUT2D eigenvalue weighted by Crippen LogP contribution is -2.25. The number of hydrogen-bond acceptors (Lipinski definition) is 3. The summed E-state index contributed by atoms with van der Waals surface area (Å²) in [4.78, 5) is 14.4. The van der Waals surface area contributed by atoms with E-state index in [9.17, 15) is 9.90 Å². The van der Waals surface area contributed by atoms with E-state index in [0.29, 0.717) is 0 Å². The molecule has 0 bridgehead atoms.